The maximum absolute atomic E-state index is 11.9. The zero-order valence-electron chi connectivity index (χ0n) is 11.1. The summed E-state index contributed by atoms with van der Waals surface area (Å²) in [7, 11) is 0. The predicted molar refractivity (Wildman–Crippen MR) is 80.4 cm³/mol. The summed E-state index contributed by atoms with van der Waals surface area (Å²) in [5.74, 6) is -0.443. The van der Waals surface area contributed by atoms with Gasteiger partial charge < -0.3 is 20.2 Å². The van der Waals surface area contributed by atoms with Gasteiger partial charge in [-0.3, -0.25) is 0 Å². The first kappa shape index (κ1) is 15.1. The van der Waals surface area contributed by atoms with Crippen LogP contribution in [0.3, 0.4) is 0 Å². The van der Waals surface area contributed by atoms with E-state index < -0.39 is 12.0 Å². The molecule has 0 aliphatic rings. The number of furan rings is 1. The summed E-state index contributed by atoms with van der Waals surface area (Å²) in [6.45, 7) is 1.78. The summed E-state index contributed by atoms with van der Waals surface area (Å²) in [4.78, 5) is 22.9. The SMILES string of the molecule is CC(NC(=O)Nc1ccc(Br)c(C(=O)O)c1)c1ccco1. The molecule has 0 saturated heterocycles. The summed E-state index contributed by atoms with van der Waals surface area (Å²) in [5.41, 5.74) is 0.464. The van der Waals surface area contributed by atoms with Gasteiger partial charge in [0.2, 0.25) is 0 Å². The molecule has 2 aromatic rings. The number of benzene rings is 1. The zero-order chi connectivity index (χ0) is 15.4. The number of carboxylic acid groups (broad SMARTS) is 1. The summed E-state index contributed by atoms with van der Waals surface area (Å²) in [6.07, 6.45) is 1.53. The van der Waals surface area contributed by atoms with Crippen LogP contribution in [0.5, 0.6) is 0 Å². The average molecular weight is 353 g/mol. The molecule has 21 heavy (non-hydrogen) atoms. The van der Waals surface area contributed by atoms with E-state index in [1.807, 2.05) is 0 Å². The van der Waals surface area contributed by atoms with Crippen molar-refractivity contribution in [3.05, 3.63) is 52.4 Å². The first-order chi connectivity index (χ1) is 9.97. The van der Waals surface area contributed by atoms with Crippen molar-refractivity contribution in [3.63, 3.8) is 0 Å². The fourth-order valence-electron chi connectivity index (χ4n) is 1.74. The van der Waals surface area contributed by atoms with Crippen LogP contribution in [0.2, 0.25) is 0 Å². The van der Waals surface area contributed by atoms with Crippen molar-refractivity contribution in [3.8, 4) is 0 Å². The molecule has 2 amide bonds. The average Bonchev–Trinajstić information content (AvgIpc) is 2.94. The quantitative estimate of drug-likeness (QED) is 0.783. The molecule has 110 valence electrons. The Hall–Kier alpha value is -2.28. The van der Waals surface area contributed by atoms with E-state index >= 15 is 0 Å². The van der Waals surface area contributed by atoms with Crippen LogP contribution in [-0.2, 0) is 0 Å². The van der Waals surface area contributed by atoms with Gasteiger partial charge >= 0.3 is 12.0 Å². The van der Waals surface area contributed by atoms with Crippen LogP contribution in [-0.4, -0.2) is 17.1 Å². The van der Waals surface area contributed by atoms with Gasteiger partial charge in [0.05, 0.1) is 17.9 Å². The van der Waals surface area contributed by atoms with E-state index in [0.29, 0.717) is 15.9 Å². The van der Waals surface area contributed by atoms with Crippen LogP contribution in [0.1, 0.15) is 29.1 Å². The second-order valence-corrected chi connectivity index (χ2v) is 5.19. The Morgan fingerprint density at radius 1 is 1.33 bits per heavy atom. The normalized spacial score (nSPS) is 11.7. The minimum atomic E-state index is -1.07. The Bertz CT molecular complexity index is 655. The number of halogens is 1. The van der Waals surface area contributed by atoms with E-state index in [2.05, 4.69) is 26.6 Å². The van der Waals surface area contributed by atoms with Gasteiger partial charge in [-0.25, -0.2) is 9.59 Å². The van der Waals surface area contributed by atoms with Gasteiger partial charge in [0.1, 0.15) is 5.76 Å². The number of carboxylic acids is 1. The standard InChI is InChI=1S/C14H13BrN2O4/c1-8(12-3-2-6-21-12)16-14(20)17-9-4-5-11(15)10(7-9)13(18)19/h2-8H,1H3,(H,18,19)(H2,16,17,20). The lowest BCUT2D eigenvalue weighted by Crippen LogP contribution is -2.31. The third-order valence-electron chi connectivity index (χ3n) is 2.77. The van der Waals surface area contributed by atoms with Gasteiger partial charge in [-0.15, -0.1) is 0 Å². The van der Waals surface area contributed by atoms with Gasteiger partial charge in [-0.05, 0) is 53.2 Å². The number of anilines is 1. The van der Waals surface area contributed by atoms with E-state index in [0.717, 1.165) is 0 Å². The van der Waals surface area contributed by atoms with E-state index in [1.54, 1.807) is 31.2 Å². The number of amides is 2. The number of carbonyl (C=O) groups is 2. The molecule has 0 spiro atoms. The Morgan fingerprint density at radius 3 is 2.71 bits per heavy atom. The summed E-state index contributed by atoms with van der Waals surface area (Å²) in [5, 5.41) is 14.3. The highest BCUT2D eigenvalue weighted by atomic mass is 79.9. The fraction of sp³-hybridized carbons (Fsp3) is 0.143. The first-order valence-electron chi connectivity index (χ1n) is 6.11. The van der Waals surface area contributed by atoms with Crippen molar-refractivity contribution in [2.24, 2.45) is 0 Å². The molecule has 1 aromatic carbocycles. The van der Waals surface area contributed by atoms with Crippen molar-refractivity contribution in [2.45, 2.75) is 13.0 Å². The molecule has 0 bridgehead atoms. The first-order valence-corrected chi connectivity index (χ1v) is 6.90. The van der Waals surface area contributed by atoms with E-state index in [9.17, 15) is 9.59 Å². The lowest BCUT2D eigenvalue weighted by molar-refractivity contribution is 0.0696. The molecule has 0 fully saturated rings. The Morgan fingerprint density at radius 2 is 2.10 bits per heavy atom. The highest BCUT2D eigenvalue weighted by molar-refractivity contribution is 9.10. The van der Waals surface area contributed by atoms with Gasteiger partial charge in [0, 0.05) is 10.2 Å². The molecule has 0 aliphatic carbocycles. The van der Waals surface area contributed by atoms with Crippen LogP contribution in [0.25, 0.3) is 0 Å². The Labute approximate surface area is 129 Å². The van der Waals surface area contributed by atoms with Crippen molar-refractivity contribution >= 4 is 33.6 Å². The third kappa shape index (κ3) is 3.85. The maximum atomic E-state index is 11.9. The smallest absolute Gasteiger partial charge is 0.336 e. The molecule has 2 rings (SSSR count). The lowest BCUT2D eigenvalue weighted by atomic mass is 10.2. The summed E-state index contributed by atoms with van der Waals surface area (Å²) >= 11 is 3.14. The molecule has 1 heterocycles. The molecular formula is C14H13BrN2O4. The third-order valence-corrected chi connectivity index (χ3v) is 3.46. The minimum Gasteiger partial charge on any atom is -0.478 e. The topological polar surface area (TPSA) is 91.6 Å². The second kappa shape index (κ2) is 6.45. The Balaban J connectivity index is 2.03. The van der Waals surface area contributed by atoms with Gasteiger partial charge in [0.15, 0.2) is 0 Å². The lowest BCUT2D eigenvalue weighted by Gasteiger charge is -2.13. The molecular weight excluding hydrogens is 340 g/mol. The molecule has 1 aromatic heterocycles. The molecule has 1 unspecified atom stereocenters. The summed E-state index contributed by atoms with van der Waals surface area (Å²) < 4.78 is 5.64. The highest BCUT2D eigenvalue weighted by Gasteiger charge is 2.13. The van der Waals surface area contributed by atoms with Crippen LogP contribution in [0.4, 0.5) is 10.5 Å². The molecule has 3 N–H and O–H groups in total. The van der Waals surface area contributed by atoms with Gasteiger partial charge in [-0.2, -0.15) is 0 Å². The van der Waals surface area contributed by atoms with E-state index in [4.69, 9.17) is 9.52 Å². The van der Waals surface area contributed by atoms with Crippen LogP contribution in [0, 0.1) is 0 Å². The monoisotopic (exact) mass is 352 g/mol. The van der Waals surface area contributed by atoms with Crippen LogP contribution in [0.15, 0.2) is 45.5 Å². The predicted octanol–water partition coefficient (Wildman–Crippen LogP) is 3.62. The largest absolute Gasteiger partial charge is 0.478 e. The number of aromatic carboxylic acids is 1. The zero-order valence-corrected chi connectivity index (χ0v) is 12.7. The van der Waals surface area contributed by atoms with Crippen LogP contribution < -0.4 is 10.6 Å². The number of carbonyl (C=O) groups excluding carboxylic acids is 1. The fourth-order valence-corrected chi connectivity index (χ4v) is 2.16. The molecule has 7 heteroatoms. The highest BCUT2D eigenvalue weighted by Crippen LogP contribution is 2.21. The van der Waals surface area contributed by atoms with Crippen molar-refractivity contribution in [1.82, 2.24) is 5.32 Å². The second-order valence-electron chi connectivity index (χ2n) is 4.34. The summed E-state index contributed by atoms with van der Waals surface area (Å²) in [6, 6.07) is 7.30. The van der Waals surface area contributed by atoms with E-state index in [-0.39, 0.29) is 11.6 Å². The maximum Gasteiger partial charge on any atom is 0.336 e. The van der Waals surface area contributed by atoms with Crippen LogP contribution >= 0.6 is 15.9 Å². The molecule has 0 aliphatic heterocycles. The number of hydrogen-bond donors (Lipinski definition) is 3. The molecule has 0 radical (unpaired) electrons. The number of urea groups is 1. The van der Waals surface area contributed by atoms with Crippen molar-refractivity contribution < 1.29 is 19.1 Å². The molecule has 1 atom stereocenters. The number of hydrogen-bond acceptors (Lipinski definition) is 3. The minimum absolute atomic E-state index is 0.0758. The Kier molecular flexibility index (Phi) is 4.64. The van der Waals surface area contributed by atoms with Crippen molar-refractivity contribution in [1.29, 1.82) is 0 Å². The number of rotatable bonds is 4. The van der Waals surface area contributed by atoms with Crippen molar-refractivity contribution in [2.75, 3.05) is 5.32 Å². The van der Waals surface area contributed by atoms with Gasteiger partial charge in [-0.1, -0.05) is 0 Å². The molecule has 0 saturated carbocycles. The molecule has 6 nitrogen and oxygen atoms in total. The van der Waals surface area contributed by atoms with Gasteiger partial charge in [0.25, 0.3) is 0 Å². The number of nitrogens with one attached hydrogen (secondary N) is 2. The van der Waals surface area contributed by atoms with E-state index in [1.165, 1.54) is 12.3 Å².